The van der Waals surface area contributed by atoms with Gasteiger partial charge in [0.2, 0.25) is 0 Å². The number of anilines is 1. The quantitative estimate of drug-likeness (QED) is 0.220. The maximum atomic E-state index is 12.2. The first-order valence-electron chi connectivity index (χ1n) is 14.4. The first kappa shape index (κ1) is 24.5. The summed E-state index contributed by atoms with van der Waals surface area (Å²) < 4.78 is 0. The highest BCUT2D eigenvalue weighted by molar-refractivity contribution is 5.99. The molecular weight excluding hydrogens is 510 g/mol. The summed E-state index contributed by atoms with van der Waals surface area (Å²) in [4.78, 5) is 0. The standard InChI is InChI=1S/C40H29NO/c1-25-30-11-4-2-9-26(30)19-23-34(25)40(37-24-20-27-10-3-5-12-32(27)39(37)42)35-15-7-6-13-33(35)38-31(14-8-16-36(38)40)28-17-21-29(41)22-18-28/h2-24,42H,41H2,1H3. The minimum atomic E-state index is -0.738. The van der Waals surface area contributed by atoms with Gasteiger partial charge in [-0.3, -0.25) is 0 Å². The molecule has 1 unspecified atom stereocenters. The highest BCUT2D eigenvalue weighted by Crippen LogP contribution is 2.61. The molecule has 7 aromatic carbocycles. The minimum Gasteiger partial charge on any atom is -0.507 e. The highest BCUT2D eigenvalue weighted by atomic mass is 16.3. The predicted molar refractivity (Wildman–Crippen MR) is 175 cm³/mol. The molecule has 0 radical (unpaired) electrons. The molecule has 1 aliphatic rings. The third kappa shape index (κ3) is 3.27. The summed E-state index contributed by atoms with van der Waals surface area (Å²) in [6.07, 6.45) is 0. The van der Waals surface area contributed by atoms with E-state index in [4.69, 9.17) is 5.73 Å². The third-order valence-corrected chi connectivity index (χ3v) is 9.20. The Hall–Kier alpha value is -5.34. The molecule has 0 bridgehead atoms. The summed E-state index contributed by atoms with van der Waals surface area (Å²) in [7, 11) is 0. The van der Waals surface area contributed by atoms with Crippen molar-refractivity contribution in [1.29, 1.82) is 0 Å². The molecule has 0 fully saturated rings. The fraction of sp³-hybridized carbons (Fsp3) is 0.0500. The predicted octanol–water partition coefficient (Wildman–Crippen LogP) is 9.62. The van der Waals surface area contributed by atoms with E-state index in [0.29, 0.717) is 5.75 Å². The van der Waals surface area contributed by atoms with Crippen LogP contribution in [0.15, 0.2) is 140 Å². The van der Waals surface area contributed by atoms with Gasteiger partial charge in [0.15, 0.2) is 0 Å². The molecule has 2 heteroatoms. The summed E-state index contributed by atoms with van der Waals surface area (Å²) >= 11 is 0. The number of nitrogen functional groups attached to an aromatic ring is 1. The van der Waals surface area contributed by atoms with E-state index in [-0.39, 0.29) is 0 Å². The zero-order chi connectivity index (χ0) is 28.4. The van der Waals surface area contributed by atoms with Crippen LogP contribution in [0.1, 0.15) is 27.8 Å². The topological polar surface area (TPSA) is 46.2 Å². The summed E-state index contributed by atoms with van der Waals surface area (Å²) in [6.45, 7) is 2.22. The molecule has 0 aliphatic heterocycles. The molecule has 1 aliphatic carbocycles. The van der Waals surface area contributed by atoms with Crippen LogP contribution in [-0.2, 0) is 5.41 Å². The fourth-order valence-electron chi connectivity index (χ4n) is 7.35. The van der Waals surface area contributed by atoms with Crippen molar-refractivity contribution in [3.05, 3.63) is 167 Å². The second kappa shape index (κ2) is 9.09. The maximum Gasteiger partial charge on any atom is 0.128 e. The van der Waals surface area contributed by atoms with Crippen molar-refractivity contribution in [3.8, 4) is 28.0 Å². The lowest BCUT2D eigenvalue weighted by Crippen LogP contribution is -2.30. The number of benzene rings is 7. The zero-order valence-electron chi connectivity index (χ0n) is 23.3. The number of aromatic hydroxyl groups is 1. The molecule has 8 rings (SSSR count). The van der Waals surface area contributed by atoms with Crippen LogP contribution in [0.2, 0.25) is 0 Å². The number of fused-ring (bicyclic) bond motifs is 5. The van der Waals surface area contributed by atoms with Crippen LogP contribution in [0.25, 0.3) is 43.8 Å². The number of aryl methyl sites for hydroxylation is 1. The second-order valence-electron chi connectivity index (χ2n) is 11.3. The van der Waals surface area contributed by atoms with Crippen molar-refractivity contribution in [3.63, 3.8) is 0 Å². The molecule has 0 saturated heterocycles. The fourth-order valence-corrected chi connectivity index (χ4v) is 7.35. The zero-order valence-corrected chi connectivity index (χ0v) is 23.3. The van der Waals surface area contributed by atoms with Crippen molar-refractivity contribution in [1.82, 2.24) is 0 Å². The van der Waals surface area contributed by atoms with Crippen LogP contribution in [-0.4, -0.2) is 5.11 Å². The van der Waals surface area contributed by atoms with Gasteiger partial charge < -0.3 is 10.8 Å². The molecule has 200 valence electrons. The Balaban J connectivity index is 1.57. The number of hydrogen-bond donors (Lipinski definition) is 2. The SMILES string of the molecule is Cc1c(C2(c3ccc4ccccc4c3O)c3ccccc3-c3c(-c4ccc(N)cc4)cccc32)ccc2ccccc12. The van der Waals surface area contributed by atoms with Gasteiger partial charge in [0, 0.05) is 16.6 Å². The number of rotatable bonds is 3. The van der Waals surface area contributed by atoms with Gasteiger partial charge in [0.1, 0.15) is 5.75 Å². The van der Waals surface area contributed by atoms with Gasteiger partial charge >= 0.3 is 0 Å². The first-order valence-corrected chi connectivity index (χ1v) is 14.4. The molecule has 1 atom stereocenters. The Labute approximate surface area is 245 Å². The molecule has 2 nitrogen and oxygen atoms in total. The number of phenolic OH excluding ortho intramolecular Hbond substituents is 1. The smallest absolute Gasteiger partial charge is 0.128 e. The average molecular weight is 540 g/mol. The summed E-state index contributed by atoms with van der Waals surface area (Å²) in [5.41, 5.74) is 16.3. The Morgan fingerprint density at radius 3 is 1.88 bits per heavy atom. The Bertz CT molecular complexity index is 2090. The number of nitrogens with two attached hydrogens (primary N) is 1. The van der Waals surface area contributed by atoms with Crippen molar-refractivity contribution < 1.29 is 5.11 Å². The average Bonchev–Trinajstić information content (AvgIpc) is 3.33. The van der Waals surface area contributed by atoms with Crippen LogP contribution in [0.5, 0.6) is 5.75 Å². The normalized spacial score (nSPS) is 15.5. The highest BCUT2D eigenvalue weighted by Gasteiger charge is 2.49. The van der Waals surface area contributed by atoms with E-state index < -0.39 is 5.41 Å². The van der Waals surface area contributed by atoms with Gasteiger partial charge in [-0.2, -0.15) is 0 Å². The molecule has 0 spiro atoms. The molecule has 0 saturated carbocycles. The molecular formula is C40H29NO. The van der Waals surface area contributed by atoms with E-state index in [9.17, 15) is 5.11 Å². The van der Waals surface area contributed by atoms with Gasteiger partial charge in [-0.25, -0.2) is 0 Å². The van der Waals surface area contributed by atoms with Crippen LogP contribution >= 0.6 is 0 Å². The van der Waals surface area contributed by atoms with Crippen molar-refractivity contribution in [2.24, 2.45) is 0 Å². The molecule has 7 aromatic rings. The summed E-state index contributed by atoms with van der Waals surface area (Å²) in [6, 6.07) is 48.9. The van der Waals surface area contributed by atoms with Crippen LogP contribution in [0.4, 0.5) is 5.69 Å². The Morgan fingerprint density at radius 1 is 0.500 bits per heavy atom. The summed E-state index contributed by atoms with van der Waals surface area (Å²) in [5, 5.41) is 16.5. The molecule has 3 N–H and O–H groups in total. The van der Waals surface area contributed by atoms with Gasteiger partial charge in [0.25, 0.3) is 0 Å². The first-order chi connectivity index (χ1) is 20.6. The van der Waals surface area contributed by atoms with E-state index in [2.05, 4.69) is 116 Å². The van der Waals surface area contributed by atoms with E-state index in [1.807, 2.05) is 30.3 Å². The largest absolute Gasteiger partial charge is 0.507 e. The lowest BCUT2D eigenvalue weighted by molar-refractivity contribution is 0.467. The van der Waals surface area contributed by atoms with Gasteiger partial charge in [-0.05, 0) is 79.7 Å². The second-order valence-corrected chi connectivity index (χ2v) is 11.3. The van der Waals surface area contributed by atoms with E-state index >= 15 is 0 Å². The molecule has 0 aromatic heterocycles. The lowest BCUT2D eigenvalue weighted by Gasteiger charge is -2.36. The van der Waals surface area contributed by atoms with Gasteiger partial charge in [0.05, 0.1) is 5.41 Å². The minimum absolute atomic E-state index is 0.321. The van der Waals surface area contributed by atoms with Crippen LogP contribution in [0, 0.1) is 6.92 Å². The van der Waals surface area contributed by atoms with Crippen molar-refractivity contribution in [2.75, 3.05) is 5.73 Å². The van der Waals surface area contributed by atoms with Crippen molar-refractivity contribution >= 4 is 27.2 Å². The molecule has 42 heavy (non-hydrogen) atoms. The van der Waals surface area contributed by atoms with Crippen molar-refractivity contribution in [2.45, 2.75) is 12.3 Å². The lowest BCUT2D eigenvalue weighted by atomic mass is 9.65. The summed E-state index contributed by atoms with van der Waals surface area (Å²) in [5.74, 6) is 0.321. The van der Waals surface area contributed by atoms with Crippen LogP contribution < -0.4 is 5.73 Å². The number of phenols is 1. The van der Waals surface area contributed by atoms with Gasteiger partial charge in [-0.15, -0.1) is 0 Å². The third-order valence-electron chi connectivity index (χ3n) is 9.20. The molecule has 0 amide bonds. The van der Waals surface area contributed by atoms with E-state index in [1.54, 1.807) is 0 Å². The van der Waals surface area contributed by atoms with E-state index in [1.165, 1.54) is 44.2 Å². The Kier molecular flexibility index (Phi) is 5.29. The van der Waals surface area contributed by atoms with Gasteiger partial charge in [-0.1, -0.05) is 127 Å². The maximum absolute atomic E-state index is 12.2. The monoisotopic (exact) mass is 539 g/mol. The number of hydrogen-bond acceptors (Lipinski definition) is 2. The van der Waals surface area contributed by atoms with Crippen LogP contribution in [0.3, 0.4) is 0 Å². The Morgan fingerprint density at radius 2 is 1.10 bits per heavy atom. The molecule has 0 heterocycles. The van der Waals surface area contributed by atoms with E-state index in [0.717, 1.165) is 33.2 Å².